The fraction of sp³-hybridized carbons (Fsp3) is 0.846. The van der Waals surface area contributed by atoms with Crippen molar-refractivity contribution in [3.63, 3.8) is 0 Å². The minimum absolute atomic E-state index is 0.109. The molecule has 0 radical (unpaired) electrons. The summed E-state index contributed by atoms with van der Waals surface area (Å²) in [4.78, 5) is 25.4. The SMILES string of the molecule is CCC(C)(CN)C(=O)N1CCCCCC1C(=O)O. The van der Waals surface area contributed by atoms with E-state index < -0.39 is 17.4 Å². The van der Waals surface area contributed by atoms with Crippen LogP contribution in [-0.2, 0) is 9.59 Å². The molecule has 0 bridgehead atoms. The van der Waals surface area contributed by atoms with Crippen molar-refractivity contribution < 1.29 is 14.7 Å². The summed E-state index contributed by atoms with van der Waals surface area (Å²) in [6.07, 6.45) is 3.90. The molecular formula is C13H24N2O3. The van der Waals surface area contributed by atoms with E-state index in [1.165, 1.54) is 4.90 Å². The molecular weight excluding hydrogens is 232 g/mol. The Bertz CT molecular complexity index is 313. The zero-order chi connectivity index (χ0) is 13.8. The second kappa shape index (κ2) is 6.18. The molecule has 3 N–H and O–H groups in total. The van der Waals surface area contributed by atoms with E-state index in [1.54, 1.807) is 0 Å². The van der Waals surface area contributed by atoms with Crippen LogP contribution in [0.5, 0.6) is 0 Å². The van der Waals surface area contributed by atoms with Crippen molar-refractivity contribution >= 4 is 11.9 Å². The highest BCUT2D eigenvalue weighted by Crippen LogP contribution is 2.27. The first-order chi connectivity index (χ1) is 8.46. The third-order valence-corrected chi connectivity index (χ3v) is 4.05. The number of aliphatic carboxylic acids is 1. The standard InChI is InChI=1S/C13H24N2O3/c1-3-13(2,9-14)12(18)15-8-6-4-5-7-10(15)11(16)17/h10H,3-9,14H2,1-2H3,(H,16,17). The lowest BCUT2D eigenvalue weighted by Gasteiger charge is -2.35. The van der Waals surface area contributed by atoms with Gasteiger partial charge in [-0.05, 0) is 26.2 Å². The van der Waals surface area contributed by atoms with Gasteiger partial charge < -0.3 is 15.7 Å². The molecule has 0 aromatic rings. The molecule has 1 saturated heterocycles. The zero-order valence-electron chi connectivity index (χ0n) is 11.3. The number of likely N-dealkylation sites (tertiary alicyclic amines) is 1. The number of rotatable bonds is 4. The Morgan fingerprint density at radius 1 is 1.39 bits per heavy atom. The van der Waals surface area contributed by atoms with Crippen LogP contribution < -0.4 is 5.73 Å². The highest BCUT2D eigenvalue weighted by atomic mass is 16.4. The molecule has 1 aliphatic rings. The van der Waals surface area contributed by atoms with Gasteiger partial charge in [0.15, 0.2) is 0 Å². The molecule has 1 amide bonds. The maximum Gasteiger partial charge on any atom is 0.326 e. The van der Waals surface area contributed by atoms with Crippen molar-refractivity contribution in [2.45, 2.75) is 52.0 Å². The molecule has 5 nitrogen and oxygen atoms in total. The van der Waals surface area contributed by atoms with E-state index >= 15 is 0 Å². The van der Waals surface area contributed by atoms with E-state index in [0.717, 1.165) is 19.3 Å². The van der Waals surface area contributed by atoms with Crippen molar-refractivity contribution in [3.05, 3.63) is 0 Å². The minimum Gasteiger partial charge on any atom is -0.480 e. The molecule has 2 atom stereocenters. The molecule has 1 heterocycles. The van der Waals surface area contributed by atoms with E-state index in [-0.39, 0.29) is 12.5 Å². The lowest BCUT2D eigenvalue weighted by molar-refractivity contribution is -0.154. The van der Waals surface area contributed by atoms with Crippen LogP contribution in [0.3, 0.4) is 0 Å². The van der Waals surface area contributed by atoms with Gasteiger partial charge in [0.05, 0.1) is 5.41 Å². The maximum atomic E-state index is 12.5. The van der Waals surface area contributed by atoms with Crippen LogP contribution in [0.15, 0.2) is 0 Å². The Labute approximate surface area is 108 Å². The number of hydrogen-bond donors (Lipinski definition) is 2. The van der Waals surface area contributed by atoms with E-state index in [2.05, 4.69) is 0 Å². The average Bonchev–Trinajstić information content (AvgIpc) is 2.62. The molecule has 104 valence electrons. The predicted molar refractivity (Wildman–Crippen MR) is 69.1 cm³/mol. The normalized spacial score (nSPS) is 24.2. The zero-order valence-corrected chi connectivity index (χ0v) is 11.3. The van der Waals surface area contributed by atoms with Crippen LogP contribution in [0.1, 0.15) is 46.0 Å². The van der Waals surface area contributed by atoms with E-state index in [0.29, 0.717) is 19.4 Å². The highest BCUT2D eigenvalue weighted by molar-refractivity contribution is 5.87. The van der Waals surface area contributed by atoms with Crippen molar-refractivity contribution in [2.75, 3.05) is 13.1 Å². The number of hydrogen-bond acceptors (Lipinski definition) is 3. The second-order valence-electron chi connectivity index (χ2n) is 5.32. The summed E-state index contributed by atoms with van der Waals surface area (Å²) in [6, 6.07) is -0.683. The van der Waals surface area contributed by atoms with Crippen LogP contribution in [0, 0.1) is 5.41 Å². The van der Waals surface area contributed by atoms with Crippen molar-refractivity contribution in [3.8, 4) is 0 Å². The number of carbonyl (C=O) groups excluding carboxylic acids is 1. The number of nitrogens with two attached hydrogens (primary N) is 1. The van der Waals surface area contributed by atoms with E-state index in [1.807, 2.05) is 13.8 Å². The fourth-order valence-corrected chi connectivity index (χ4v) is 2.34. The van der Waals surface area contributed by atoms with Crippen LogP contribution in [0.25, 0.3) is 0 Å². The Hall–Kier alpha value is -1.10. The lowest BCUT2D eigenvalue weighted by Crippen LogP contribution is -2.52. The molecule has 1 rings (SSSR count). The molecule has 0 saturated carbocycles. The Morgan fingerprint density at radius 3 is 2.56 bits per heavy atom. The topological polar surface area (TPSA) is 83.6 Å². The lowest BCUT2D eigenvalue weighted by atomic mass is 9.85. The number of carboxylic acids is 1. The van der Waals surface area contributed by atoms with Gasteiger partial charge in [0.1, 0.15) is 6.04 Å². The number of amides is 1. The molecule has 1 aliphatic heterocycles. The quantitative estimate of drug-likeness (QED) is 0.792. The van der Waals surface area contributed by atoms with E-state index in [9.17, 15) is 14.7 Å². The first kappa shape index (κ1) is 15.0. The molecule has 0 aromatic carbocycles. The van der Waals surface area contributed by atoms with Crippen LogP contribution >= 0.6 is 0 Å². The largest absolute Gasteiger partial charge is 0.480 e. The summed E-state index contributed by atoms with van der Waals surface area (Å²) in [6.45, 7) is 4.52. The van der Waals surface area contributed by atoms with Crippen LogP contribution in [0.2, 0.25) is 0 Å². The second-order valence-corrected chi connectivity index (χ2v) is 5.32. The Balaban J connectivity index is 2.94. The molecule has 0 aromatic heterocycles. The van der Waals surface area contributed by atoms with Gasteiger partial charge >= 0.3 is 5.97 Å². The third-order valence-electron chi connectivity index (χ3n) is 4.05. The van der Waals surface area contributed by atoms with Crippen molar-refractivity contribution in [1.82, 2.24) is 4.90 Å². The van der Waals surface area contributed by atoms with Gasteiger partial charge in [-0.3, -0.25) is 4.79 Å². The average molecular weight is 256 g/mol. The van der Waals surface area contributed by atoms with Gasteiger partial charge in [0.2, 0.25) is 5.91 Å². The van der Waals surface area contributed by atoms with Gasteiger partial charge in [0, 0.05) is 13.1 Å². The van der Waals surface area contributed by atoms with Gasteiger partial charge in [-0.2, -0.15) is 0 Å². The molecule has 0 aliphatic carbocycles. The summed E-state index contributed by atoms with van der Waals surface area (Å²) < 4.78 is 0. The Kier molecular flexibility index (Phi) is 5.14. The Morgan fingerprint density at radius 2 is 2.06 bits per heavy atom. The van der Waals surface area contributed by atoms with Crippen LogP contribution in [-0.4, -0.2) is 41.0 Å². The predicted octanol–water partition coefficient (Wildman–Crippen LogP) is 1.22. The van der Waals surface area contributed by atoms with Gasteiger partial charge in [-0.15, -0.1) is 0 Å². The van der Waals surface area contributed by atoms with Crippen LogP contribution in [0.4, 0.5) is 0 Å². The number of carboxylic acid groups (broad SMARTS) is 1. The molecule has 2 unspecified atom stereocenters. The number of carbonyl (C=O) groups is 2. The molecule has 5 heteroatoms. The van der Waals surface area contributed by atoms with Crippen molar-refractivity contribution in [1.29, 1.82) is 0 Å². The molecule has 18 heavy (non-hydrogen) atoms. The first-order valence-electron chi connectivity index (χ1n) is 6.70. The summed E-state index contributed by atoms with van der Waals surface area (Å²) >= 11 is 0. The monoisotopic (exact) mass is 256 g/mol. The smallest absolute Gasteiger partial charge is 0.326 e. The minimum atomic E-state index is -0.902. The molecule has 1 fully saturated rings. The molecule has 0 spiro atoms. The first-order valence-corrected chi connectivity index (χ1v) is 6.70. The van der Waals surface area contributed by atoms with Crippen molar-refractivity contribution in [2.24, 2.45) is 11.1 Å². The summed E-state index contributed by atoms with van der Waals surface area (Å²) in [5, 5.41) is 9.27. The highest BCUT2D eigenvalue weighted by Gasteiger charge is 2.39. The van der Waals surface area contributed by atoms with Gasteiger partial charge in [-0.1, -0.05) is 19.8 Å². The van der Waals surface area contributed by atoms with Gasteiger partial charge in [-0.25, -0.2) is 4.79 Å². The summed E-state index contributed by atoms with van der Waals surface area (Å²) in [5.74, 6) is -1.01. The van der Waals surface area contributed by atoms with E-state index in [4.69, 9.17) is 5.73 Å². The third kappa shape index (κ3) is 3.02. The summed E-state index contributed by atoms with van der Waals surface area (Å²) in [5.41, 5.74) is 5.05. The van der Waals surface area contributed by atoms with Gasteiger partial charge in [0.25, 0.3) is 0 Å². The summed E-state index contributed by atoms with van der Waals surface area (Å²) in [7, 11) is 0. The maximum absolute atomic E-state index is 12.5. The number of nitrogens with zero attached hydrogens (tertiary/aromatic N) is 1. The fourth-order valence-electron chi connectivity index (χ4n) is 2.34.